The fourth-order valence-corrected chi connectivity index (χ4v) is 2.41. The van der Waals surface area contributed by atoms with E-state index in [4.69, 9.17) is 10.2 Å². The average molecular weight is 237 g/mol. The minimum atomic E-state index is -0.298. The summed E-state index contributed by atoms with van der Waals surface area (Å²) in [5.74, 6) is 0.266. The SMILES string of the molecule is OCC(CO)NC1CCCc2ccc(O)cc21. The van der Waals surface area contributed by atoms with Crippen molar-refractivity contribution in [3.8, 4) is 5.75 Å². The van der Waals surface area contributed by atoms with E-state index in [1.54, 1.807) is 12.1 Å². The number of benzene rings is 1. The molecule has 0 bridgehead atoms. The summed E-state index contributed by atoms with van der Waals surface area (Å²) in [4.78, 5) is 0. The van der Waals surface area contributed by atoms with Crippen LogP contribution >= 0.6 is 0 Å². The van der Waals surface area contributed by atoms with Crippen molar-refractivity contribution < 1.29 is 15.3 Å². The Labute approximate surface area is 101 Å². The van der Waals surface area contributed by atoms with Crippen molar-refractivity contribution in [1.82, 2.24) is 5.32 Å². The molecule has 4 heteroatoms. The van der Waals surface area contributed by atoms with Crippen LogP contribution < -0.4 is 5.32 Å². The zero-order valence-electron chi connectivity index (χ0n) is 9.76. The van der Waals surface area contributed by atoms with Gasteiger partial charge >= 0.3 is 0 Å². The highest BCUT2D eigenvalue weighted by Crippen LogP contribution is 2.32. The Bertz CT molecular complexity index is 377. The van der Waals surface area contributed by atoms with Gasteiger partial charge in [0.1, 0.15) is 5.75 Å². The molecule has 94 valence electrons. The van der Waals surface area contributed by atoms with Gasteiger partial charge in [-0.2, -0.15) is 0 Å². The second-order valence-corrected chi connectivity index (χ2v) is 4.56. The number of aliphatic hydroxyl groups excluding tert-OH is 2. The van der Waals surface area contributed by atoms with E-state index in [2.05, 4.69) is 5.32 Å². The molecule has 1 unspecified atom stereocenters. The van der Waals surface area contributed by atoms with Crippen molar-refractivity contribution in [3.05, 3.63) is 29.3 Å². The second-order valence-electron chi connectivity index (χ2n) is 4.56. The number of phenolic OH excluding ortho intramolecular Hbond substituents is 1. The van der Waals surface area contributed by atoms with E-state index in [0.29, 0.717) is 0 Å². The molecule has 0 saturated carbocycles. The first-order chi connectivity index (χ1) is 8.24. The molecule has 0 aliphatic heterocycles. The van der Waals surface area contributed by atoms with E-state index in [1.807, 2.05) is 6.07 Å². The summed E-state index contributed by atoms with van der Waals surface area (Å²) in [7, 11) is 0. The normalized spacial score (nSPS) is 19.4. The Morgan fingerprint density at radius 2 is 2.06 bits per heavy atom. The van der Waals surface area contributed by atoms with Gasteiger partial charge in [0.2, 0.25) is 0 Å². The molecule has 17 heavy (non-hydrogen) atoms. The Morgan fingerprint density at radius 3 is 2.76 bits per heavy atom. The zero-order chi connectivity index (χ0) is 12.3. The van der Waals surface area contributed by atoms with Gasteiger partial charge in [0.25, 0.3) is 0 Å². The van der Waals surface area contributed by atoms with Gasteiger partial charge in [0.05, 0.1) is 19.3 Å². The molecule has 0 fully saturated rings. The van der Waals surface area contributed by atoms with E-state index < -0.39 is 0 Å². The van der Waals surface area contributed by atoms with E-state index in [1.165, 1.54) is 5.56 Å². The van der Waals surface area contributed by atoms with Crippen LogP contribution in [-0.2, 0) is 6.42 Å². The highest BCUT2D eigenvalue weighted by molar-refractivity contribution is 5.38. The summed E-state index contributed by atoms with van der Waals surface area (Å²) in [6.07, 6.45) is 3.07. The summed E-state index contributed by atoms with van der Waals surface area (Å²) < 4.78 is 0. The third-order valence-corrected chi connectivity index (χ3v) is 3.32. The fraction of sp³-hybridized carbons (Fsp3) is 0.538. The number of phenols is 1. The minimum absolute atomic E-state index is 0.0822. The quantitative estimate of drug-likeness (QED) is 0.622. The highest BCUT2D eigenvalue weighted by atomic mass is 16.3. The van der Waals surface area contributed by atoms with Crippen molar-refractivity contribution in [3.63, 3.8) is 0 Å². The minimum Gasteiger partial charge on any atom is -0.508 e. The number of hydrogen-bond acceptors (Lipinski definition) is 4. The van der Waals surface area contributed by atoms with Crippen LogP contribution in [0, 0.1) is 0 Å². The number of hydrogen-bond donors (Lipinski definition) is 4. The zero-order valence-corrected chi connectivity index (χ0v) is 9.76. The maximum Gasteiger partial charge on any atom is 0.115 e. The molecular formula is C13H19NO3. The molecule has 0 spiro atoms. The lowest BCUT2D eigenvalue weighted by atomic mass is 9.87. The van der Waals surface area contributed by atoms with Crippen molar-refractivity contribution in [2.45, 2.75) is 31.3 Å². The number of nitrogens with one attached hydrogen (secondary N) is 1. The first kappa shape index (κ1) is 12.4. The number of aryl methyl sites for hydroxylation is 1. The van der Waals surface area contributed by atoms with Gasteiger partial charge in [-0.15, -0.1) is 0 Å². The standard InChI is InChI=1S/C13H19NO3/c15-7-10(8-16)14-13-3-1-2-9-4-5-11(17)6-12(9)13/h4-6,10,13-17H,1-3,7-8H2. The van der Waals surface area contributed by atoms with Crippen molar-refractivity contribution >= 4 is 0 Å². The topological polar surface area (TPSA) is 72.7 Å². The van der Waals surface area contributed by atoms with Crippen molar-refractivity contribution in [2.75, 3.05) is 13.2 Å². The number of aromatic hydroxyl groups is 1. The lowest BCUT2D eigenvalue weighted by molar-refractivity contribution is 0.159. The highest BCUT2D eigenvalue weighted by Gasteiger charge is 2.22. The summed E-state index contributed by atoms with van der Waals surface area (Å²) in [6.45, 7) is -0.164. The Hall–Kier alpha value is -1.10. The second kappa shape index (κ2) is 5.49. The predicted molar refractivity (Wildman–Crippen MR) is 64.9 cm³/mol. The predicted octanol–water partition coefficient (Wildman–Crippen LogP) is 0.712. The number of aliphatic hydroxyl groups is 2. The monoisotopic (exact) mass is 237 g/mol. The largest absolute Gasteiger partial charge is 0.508 e. The maximum atomic E-state index is 9.53. The smallest absolute Gasteiger partial charge is 0.115 e. The molecule has 4 nitrogen and oxygen atoms in total. The third-order valence-electron chi connectivity index (χ3n) is 3.32. The van der Waals surface area contributed by atoms with Crippen LogP contribution in [-0.4, -0.2) is 34.6 Å². The van der Waals surface area contributed by atoms with Crippen molar-refractivity contribution in [1.29, 1.82) is 0 Å². The molecule has 1 aromatic carbocycles. The molecule has 0 heterocycles. The summed E-state index contributed by atoms with van der Waals surface area (Å²) >= 11 is 0. The lowest BCUT2D eigenvalue weighted by Crippen LogP contribution is -2.39. The number of rotatable bonds is 4. The molecule has 1 aliphatic rings. The van der Waals surface area contributed by atoms with E-state index >= 15 is 0 Å². The molecule has 0 radical (unpaired) electrons. The third kappa shape index (κ3) is 2.77. The van der Waals surface area contributed by atoms with Crippen LogP contribution in [0.4, 0.5) is 0 Å². The average Bonchev–Trinajstić information content (AvgIpc) is 2.36. The van der Waals surface area contributed by atoms with Crippen LogP contribution in [0.2, 0.25) is 0 Å². The van der Waals surface area contributed by atoms with Crippen LogP contribution in [0.25, 0.3) is 0 Å². The van der Waals surface area contributed by atoms with E-state index in [9.17, 15) is 5.11 Å². The van der Waals surface area contributed by atoms with Crippen LogP contribution in [0.15, 0.2) is 18.2 Å². The summed E-state index contributed by atoms with van der Waals surface area (Å²) in [5, 5.41) is 30.9. The van der Waals surface area contributed by atoms with Gasteiger partial charge in [-0.05, 0) is 42.5 Å². The Balaban J connectivity index is 2.18. The first-order valence-corrected chi connectivity index (χ1v) is 6.04. The summed E-state index contributed by atoms with van der Waals surface area (Å²) in [5.41, 5.74) is 2.32. The molecule has 1 aromatic rings. The molecule has 0 saturated heterocycles. The van der Waals surface area contributed by atoms with Gasteiger partial charge in [0.15, 0.2) is 0 Å². The van der Waals surface area contributed by atoms with Gasteiger partial charge < -0.3 is 20.6 Å². The summed E-state index contributed by atoms with van der Waals surface area (Å²) in [6, 6.07) is 5.24. The maximum absolute atomic E-state index is 9.53. The molecule has 0 amide bonds. The van der Waals surface area contributed by atoms with E-state index in [-0.39, 0.29) is 31.0 Å². The molecule has 1 atom stereocenters. The number of fused-ring (bicyclic) bond motifs is 1. The van der Waals surface area contributed by atoms with Gasteiger partial charge in [-0.1, -0.05) is 6.07 Å². The van der Waals surface area contributed by atoms with Gasteiger partial charge in [-0.3, -0.25) is 0 Å². The Morgan fingerprint density at radius 1 is 1.29 bits per heavy atom. The van der Waals surface area contributed by atoms with Crippen molar-refractivity contribution in [2.24, 2.45) is 0 Å². The van der Waals surface area contributed by atoms with Gasteiger partial charge in [-0.25, -0.2) is 0 Å². The lowest BCUT2D eigenvalue weighted by Gasteiger charge is -2.29. The van der Waals surface area contributed by atoms with Crippen LogP contribution in [0.3, 0.4) is 0 Å². The molecule has 4 N–H and O–H groups in total. The molecule has 1 aliphatic carbocycles. The van der Waals surface area contributed by atoms with E-state index in [0.717, 1.165) is 24.8 Å². The van der Waals surface area contributed by atoms with Crippen LogP contribution in [0.1, 0.15) is 30.0 Å². The molecule has 2 rings (SSSR count). The first-order valence-electron chi connectivity index (χ1n) is 6.04. The molecule has 0 aromatic heterocycles. The fourth-order valence-electron chi connectivity index (χ4n) is 2.41. The Kier molecular flexibility index (Phi) is 3.99. The molecular weight excluding hydrogens is 218 g/mol. The van der Waals surface area contributed by atoms with Crippen LogP contribution in [0.5, 0.6) is 5.75 Å². The van der Waals surface area contributed by atoms with Gasteiger partial charge in [0, 0.05) is 6.04 Å².